The van der Waals surface area contributed by atoms with Gasteiger partial charge in [0.25, 0.3) is 0 Å². The van der Waals surface area contributed by atoms with Gasteiger partial charge in [-0.2, -0.15) is 0 Å². The van der Waals surface area contributed by atoms with Crippen molar-refractivity contribution in [1.82, 2.24) is 0 Å². The van der Waals surface area contributed by atoms with E-state index in [0.717, 1.165) is 16.5 Å². The smallest absolute Gasteiger partial charge is 0.123 e. The summed E-state index contributed by atoms with van der Waals surface area (Å²) in [6.07, 6.45) is 0. The van der Waals surface area contributed by atoms with Crippen molar-refractivity contribution >= 4 is 15.9 Å². The summed E-state index contributed by atoms with van der Waals surface area (Å²) in [6, 6.07) is 15.4. The number of hydrogen-bond acceptors (Lipinski definition) is 1. The lowest BCUT2D eigenvalue weighted by Gasteiger charge is -2.08. The molecule has 1 N–H and O–H groups in total. The SMILES string of the molecule is Oc1ccccc1-c1ccccc1CBr. The molecule has 0 aromatic heterocycles. The fourth-order valence-corrected chi connectivity index (χ4v) is 2.09. The molecule has 0 aliphatic carbocycles. The molecule has 2 aromatic carbocycles. The first-order chi connectivity index (χ1) is 7.33. The van der Waals surface area contributed by atoms with Crippen molar-refractivity contribution in [3.8, 4) is 16.9 Å². The van der Waals surface area contributed by atoms with Crippen molar-refractivity contribution in [2.75, 3.05) is 0 Å². The molecule has 2 rings (SSSR count). The van der Waals surface area contributed by atoms with Crippen molar-refractivity contribution in [3.05, 3.63) is 54.1 Å². The normalized spacial score (nSPS) is 10.2. The van der Waals surface area contributed by atoms with Gasteiger partial charge in [0.2, 0.25) is 0 Å². The van der Waals surface area contributed by atoms with Crippen LogP contribution in [0.2, 0.25) is 0 Å². The topological polar surface area (TPSA) is 20.2 Å². The van der Waals surface area contributed by atoms with E-state index in [9.17, 15) is 5.11 Å². The highest BCUT2D eigenvalue weighted by molar-refractivity contribution is 9.08. The van der Waals surface area contributed by atoms with Crippen molar-refractivity contribution in [2.45, 2.75) is 5.33 Å². The summed E-state index contributed by atoms with van der Waals surface area (Å²) in [4.78, 5) is 0. The van der Waals surface area contributed by atoms with E-state index < -0.39 is 0 Å². The van der Waals surface area contributed by atoms with Gasteiger partial charge in [-0.15, -0.1) is 0 Å². The molecule has 0 heterocycles. The molecule has 15 heavy (non-hydrogen) atoms. The Morgan fingerprint density at radius 2 is 1.47 bits per heavy atom. The summed E-state index contributed by atoms with van der Waals surface area (Å²) in [5.74, 6) is 0.325. The van der Waals surface area contributed by atoms with Crippen molar-refractivity contribution in [2.24, 2.45) is 0 Å². The van der Waals surface area contributed by atoms with Gasteiger partial charge in [0.15, 0.2) is 0 Å². The van der Waals surface area contributed by atoms with Crippen LogP contribution in [-0.2, 0) is 5.33 Å². The summed E-state index contributed by atoms with van der Waals surface area (Å²) in [6.45, 7) is 0. The fourth-order valence-electron chi connectivity index (χ4n) is 1.60. The number of para-hydroxylation sites is 1. The fraction of sp³-hybridized carbons (Fsp3) is 0.0769. The van der Waals surface area contributed by atoms with Crippen LogP contribution in [0.25, 0.3) is 11.1 Å². The monoisotopic (exact) mass is 262 g/mol. The lowest BCUT2D eigenvalue weighted by atomic mass is 10.00. The van der Waals surface area contributed by atoms with Crippen molar-refractivity contribution in [3.63, 3.8) is 0 Å². The van der Waals surface area contributed by atoms with E-state index >= 15 is 0 Å². The zero-order chi connectivity index (χ0) is 10.7. The minimum atomic E-state index is 0.325. The number of rotatable bonds is 2. The first-order valence-corrected chi connectivity index (χ1v) is 5.87. The van der Waals surface area contributed by atoms with Crippen LogP contribution in [0.5, 0.6) is 5.75 Å². The molecule has 0 fully saturated rings. The quantitative estimate of drug-likeness (QED) is 0.813. The Hall–Kier alpha value is -1.28. The number of aromatic hydroxyl groups is 1. The highest BCUT2D eigenvalue weighted by Gasteiger charge is 2.06. The van der Waals surface area contributed by atoms with Crippen LogP contribution in [-0.4, -0.2) is 5.11 Å². The molecular weight excluding hydrogens is 252 g/mol. The number of halogens is 1. The molecule has 76 valence electrons. The van der Waals surface area contributed by atoms with E-state index in [4.69, 9.17) is 0 Å². The van der Waals surface area contributed by atoms with E-state index in [1.165, 1.54) is 5.56 Å². The van der Waals surface area contributed by atoms with Crippen molar-refractivity contribution < 1.29 is 5.11 Å². The molecule has 0 aliphatic heterocycles. The molecule has 0 aliphatic rings. The maximum atomic E-state index is 9.77. The van der Waals surface area contributed by atoms with Gasteiger partial charge >= 0.3 is 0 Å². The predicted octanol–water partition coefficient (Wildman–Crippen LogP) is 3.95. The van der Waals surface area contributed by atoms with Crippen molar-refractivity contribution in [1.29, 1.82) is 0 Å². The van der Waals surface area contributed by atoms with Gasteiger partial charge in [-0.3, -0.25) is 0 Å². The Morgan fingerprint density at radius 3 is 2.13 bits per heavy atom. The van der Waals surface area contributed by atoms with Gasteiger partial charge in [0.1, 0.15) is 5.75 Å². The Balaban J connectivity index is 2.59. The highest BCUT2D eigenvalue weighted by Crippen LogP contribution is 2.31. The van der Waals surface area contributed by atoms with E-state index in [2.05, 4.69) is 22.0 Å². The molecule has 0 amide bonds. The van der Waals surface area contributed by atoms with E-state index in [1.807, 2.05) is 36.4 Å². The van der Waals surface area contributed by atoms with Crippen LogP contribution in [0, 0.1) is 0 Å². The lowest BCUT2D eigenvalue weighted by Crippen LogP contribution is -1.85. The minimum absolute atomic E-state index is 0.325. The van der Waals surface area contributed by atoms with E-state index in [1.54, 1.807) is 6.07 Å². The maximum absolute atomic E-state index is 9.77. The molecule has 0 saturated carbocycles. The Labute approximate surface area is 97.5 Å². The number of alkyl halides is 1. The molecule has 0 saturated heterocycles. The van der Waals surface area contributed by atoms with Crippen LogP contribution in [0.15, 0.2) is 48.5 Å². The van der Waals surface area contributed by atoms with Gasteiger partial charge in [-0.05, 0) is 17.2 Å². The summed E-state index contributed by atoms with van der Waals surface area (Å²) in [5, 5.41) is 10.6. The molecule has 2 aromatic rings. The average molecular weight is 263 g/mol. The molecule has 0 atom stereocenters. The summed E-state index contributed by atoms with van der Waals surface area (Å²) in [5.41, 5.74) is 3.14. The Morgan fingerprint density at radius 1 is 0.867 bits per heavy atom. The molecular formula is C13H11BrO. The minimum Gasteiger partial charge on any atom is -0.507 e. The molecule has 0 unspecified atom stereocenters. The molecule has 0 spiro atoms. The number of benzene rings is 2. The molecule has 1 nitrogen and oxygen atoms in total. The lowest BCUT2D eigenvalue weighted by molar-refractivity contribution is 0.477. The second-order valence-electron chi connectivity index (χ2n) is 3.31. The standard InChI is InChI=1S/C13H11BrO/c14-9-10-5-1-2-6-11(10)12-7-3-4-8-13(12)15/h1-8,15H,9H2. The van der Waals surface area contributed by atoms with Gasteiger partial charge in [0, 0.05) is 10.9 Å². The van der Waals surface area contributed by atoms with Crippen LogP contribution in [0.1, 0.15) is 5.56 Å². The zero-order valence-electron chi connectivity index (χ0n) is 8.15. The zero-order valence-corrected chi connectivity index (χ0v) is 9.74. The molecule has 2 heteroatoms. The van der Waals surface area contributed by atoms with Gasteiger partial charge < -0.3 is 5.11 Å². The van der Waals surface area contributed by atoms with E-state index in [-0.39, 0.29) is 0 Å². The number of phenols is 1. The van der Waals surface area contributed by atoms with Gasteiger partial charge in [-0.1, -0.05) is 58.4 Å². The Bertz CT molecular complexity index is 466. The summed E-state index contributed by atoms with van der Waals surface area (Å²) < 4.78 is 0. The third kappa shape index (κ3) is 2.05. The van der Waals surface area contributed by atoms with Crippen LogP contribution in [0.4, 0.5) is 0 Å². The number of phenolic OH excluding ortho intramolecular Hbond substituents is 1. The van der Waals surface area contributed by atoms with Crippen LogP contribution >= 0.6 is 15.9 Å². The second kappa shape index (κ2) is 4.49. The third-order valence-corrected chi connectivity index (χ3v) is 2.96. The van der Waals surface area contributed by atoms with Gasteiger partial charge in [0.05, 0.1) is 0 Å². The van der Waals surface area contributed by atoms with Crippen LogP contribution < -0.4 is 0 Å². The first kappa shape index (κ1) is 10.2. The van der Waals surface area contributed by atoms with Gasteiger partial charge in [-0.25, -0.2) is 0 Å². The average Bonchev–Trinajstić information content (AvgIpc) is 2.30. The largest absolute Gasteiger partial charge is 0.507 e. The van der Waals surface area contributed by atoms with E-state index in [0.29, 0.717) is 5.75 Å². The molecule has 0 bridgehead atoms. The summed E-state index contributed by atoms with van der Waals surface area (Å²) in [7, 11) is 0. The maximum Gasteiger partial charge on any atom is 0.123 e. The number of hydrogen-bond donors (Lipinski definition) is 1. The molecule has 0 radical (unpaired) electrons. The third-order valence-electron chi connectivity index (χ3n) is 2.36. The van der Waals surface area contributed by atoms with Crippen LogP contribution in [0.3, 0.4) is 0 Å². The first-order valence-electron chi connectivity index (χ1n) is 4.75. The Kier molecular flexibility index (Phi) is 3.07. The second-order valence-corrected chi connectivity index (χ2v) is 3.87. The summed E-state index contributed by atoms with van der Waals surface area (Å²) >= 11 is 3.45. The highest BCUT2D eigenvalue weighted by atomic mass is 79.9. The predicted molar refractivity (Wildman–Crippen MR) is 66.2 cm³/mol.